The van der Waals surface area contributed by atoms with Crippen LogP contribution in [0.4, 0.5) is 18.0 Å². The average molecular weight is 377 g/mol. The molecule has 25 heavy (non-hydrogen) atoms. The lowest BCUT2D eigenvalue weighted by Crippen LogP contribution is -2.53. The van der Waals surface area contributed by atoms with Crippen molar-refractivity contribution in [2.45, 2.75) is 11.1 Å². The largest absolute Gasteiger partial charge is 0.416 e. The predicted molar refractivity (Wildman–Crippen MR) is 85.4 cm³/mol. The Balaban J connectivity index is 2.10. The second kappa shape index (κ2) is 7.44. The fourth-order valence-corrected chi connectivity index (χ4v) is 3.85. The number of hydrogen-bond donors (Lipinski definition) is 1. The molecule has 0 saturated carbocycles. The number of nitrogens with one attached hydrogen (secondary N) is 1. The van der Waals surface area contributed by atoms with E-state index >= 15 is 0 Å². The summed E-state index contributed by atoms with van der Waals surface area (Å²) in [5.41, 5.74) is -1.02. The van der Waals surface area contributed by atoms with E-state index in [0.717, 1.165) is 22.5 Å². The van der Waals surface area contributed by atoms with Gasteiger partial charge in [0.15, 0.2) is 0 Å². The Morgan fingerprint density at radius 1 is 1.24 bits per heavy atom. The molecule has 0 aromatic heterocycles. The molecule has 1 aliphatic rings. The second-order valence-electron chi connectivity index (χ2n) is 5.39. The van der Waals surface area contributed by atoms with Crippen molar-refractivity contribution in [1.82, 2.24) is 14.5 Å². The third-order valence-electron chi connectivity index (χ3n) is 3.72. The van der Waals surface area contributed by atoms with E-state index in [2.05, 4.69) is 11.9 Å². The minimum Gasteiger partial charge on any atom is -0.335 e. The van der Waals surface area contributed by atoms with Crippen LogP contribution in [0.25, 0.3) is 0 Å². The number of rotatable bonds is 4. The molecule has 1 aromatic rings. The van der Waals surface area contributed by atoms with Gasteiger partial charge in [-0.3, -0.25) is 0 Å². The van der Waals surface area contributed by atoms with Crippen LogP contribution in [0.5, 0.6) is 0 Å². The van der Waals surface area contributed by atoms with Crippen LogP contribution < -0.4 is 5.32 Å². The quantitative estimate of drug-likeness (QED) is 0.815. The van der Waals surface area contributed by atoms with Crippen molar-refractivity contribution in [1.29, 1.82) is 0 Å². The van der Waals surface area contributed by atoms with Crippen LogP contribution in [-0.4, -0.2) is 56.4 Å². The summed E-state index contributed by atoms with van der Waals surface area (Å²) in [6.45, 7) is 4.11. The molecule has 1 aromatic carbocycles. The number of sulfonamides is 1. The zero-order valence-corrected chi connectivity index (χ0v) is 14.1. The van der Waals surface area contributed by atoms with E-state index in [-0.39, 0.29) is 32.2 Å². The van der Waals surface area contributed by atoms with Crippen molar-refractivity contribution in [2.75, 3.05) is 32.7 Å². The summed E-state index contributed by atoms with van der Waals surface area (Å²) >= 11 is 0. The van der Waals surface area contributed by atoms with Crippen LogP contribution in [0.2, 0.25) is 0 Å². The summed E-state index contributed by atoms with van der Waals surface area (Å²) in [5, 5.41) is 2.59. The van der Waals surface area contributed by atoms with Crippen LogP contribution >= 0.6 is 0 Å². The highest BCUT2D eigenvalue weighted by atomic mass is 32.2. The van der Waals surface area contributed by atoms with Gasteiger partial charge < -0.3 is 10.2 Å². The van der Waals surface area contributed by atoms with Crippen LogP contribution in [0, 0.1) is 0 Å². The topological polar surface area (TPSA) is 69.7 Å². The Labute approximate surface area is 144 Å². The van der Waals surface area contributed by atoms with E-state index < -0.39 is 26.7 Å². The summed E-state index contributed by atoms with van der Waals surface area (Å²) in [7, 11) is -4.05. The van der Waals surface area contributed by atoms with Gasteiger partial charge in [0.25, 0.3) is 0 Å². The standard InChI is InChI=1S/C15H18F3N3O3S/c1-2-6-19-14(22)20-7-9-21(10-8-20)25(23,24)13-5-3-4-12(11-13)15(16,17)18/h2-5,11H,1,6-10H2,(H,19,22). The maximum Gasteiger partial charge on any atom is 0.416 e. The molecular formula is C15H18F3N3O3S. The van der Waals surface area contributed by atoms with Crippen LogP contribution in [0.1, 0.15) is 5.56 Å². The molecule has 0 aliphatic carbocycles. The molecule has 1 saturated heterocycles. The highest BCUT2D eigenvalue weighted by molar-refractivity contribution is 7.89. The molecule has 10 heteroatoms. The lowest BCUT2D eigenvalue weighted by Gasteiger charge is -2.34. The van der Waals surface area contributed by atoms with Crippen molar-refractivity contribution >= 4 is 16.1 Å². The van der Waals surface area contributed by atoms with Gasteiger partial charge in [-0.1, -0.05) is 12.1 Å². The lowest BCUT2D eigenvalue weighted by molar-refractivity contribution is -0.137. The molecule has 2 amide bonds. The van der Waals surface area contributed by atoms with E-state index in [4.69, 9.17) is 0 Å². The number of alkyl halides is 3. The normalized spacial score (nSPS) is 16.5. The molecular weight excluding hydrogens is 359 g/mol. The summed E-state index contributed by atoms with van der Waals surface area (Å²) in [4.78, 5) is 12.8. The van der Waals surface area contributed by atoms with Gasteiger partial charge in [0.2, 0.25) is 10.0 Å². The van der Waals surface area contributed by atoms with Gasteiger partial charge in [0, 0.05) is 32.7 Å². The summed E-state index contributed by atoms with van der Waals surface area (Å²) in [6.07, 6.45) is -3.10. The molecule has 0 bridgehead atoms. The number of hydrogen-bond acceptors (Lipinski definition) is 3. The third kappa shape index (κ3) is 4.51. The lowest BCUT2D eigenvalue weighted by atomic mass is 10.2. The molecule has 0 spiro atoms. The summed E-state index contributed by atoms with van der Waals surface area (Å²) in [6, 6.07) is 3.30. The van der Waals surface area contributed by atoms with Gasteiger partial charge in [-0.05, 0) is 18.2 Å². The number of halogens is 3. The number of urea groups is 1. The molecule has 0 unspecified atom stereocenters. The van der Waals surface area contributed by atoms with Crippen molar-refractivity contribution < 1.29 is 26.4 Å². The Morgan fingerprint density at radius 3 is 2.44 bits per heavy atom. The number of piperazine rings is 1. The van der Waals surface area contributed by atoms with Gasteiger partial charge >= 0.3 is 12.2 Å². The van der Waals surface area contributed by atoms with Crippen molar-refractivity contribution in [2.24, 2.45) is 0 Å². The molecule has 0 radical (unpaired) electrons. The average Bonchev–Trinajstić information content (AvgIpc) is 2.59. The fourth-order valence-electron chi connectivity index (χ4n) is 2.38. The third-order valence-corrected chi connectivity index (χ3v) is 5.62. The van der Waals surface area contributed by atoms with E-state index in [1.807, 2.05) is 0 Å². The fraction of sp³-hybridized carbons (Fsp3) is 0.400. The summed E-state index contributed by atoms with van der Waals surface area (Å²) < 4.78 is 64.5. The molecule has 2 rings (SSSR count). The Hall–Kier alpha value is -2.07. The second-order valence-corrected chi connectivity index (χ2v) is 7.33. The zero-order chi connectivity index (χ0) is 18.7. The highest BCUT2D eigenvalue weighted by Crippen LogP contribution is 2.31. The summed E-state index contributed by atoms with van der Waals surface area (Å²) in [5.74, 6) is 0. The minimum atomic E-state index is -4.62. The van der Waals surface area contributed by atoms with E-state index in [1.54, 1.807) is 0 Å². The number of carbonyl (C=O) groups is 1. The molecule has 1 heterocycles. The molecule has 138 valence electrons. The van der Waals surface area contributed by atoms with Crippen molar-refractivity contribution in [3.8, 4) is 0 Å². The first-order valence-electron chi connectivity index (χ1n) is 7.47. The number of benzene rings is 1. The van der Waals surface area contributed by atoms with Gasteiger partial charge in [-0.15, -0.1) is 6.58 Å². The first kappa shape index (κ1) is 19.3. The van der Waals surface area contributed by atoms with Crippen molar-refractivity contribution in [3.05, 3.63) is 42.5 Å². The van der Waals surface area contributed by atoms with E-state index in [1.165, 1.54) is 11.0 Å². The molecule has 1 aliphatic heterocycles. The Morgan fingerprint density at radius 2 is 1.88 bits per heavy atom. The van der Waals surface area contributed by atoms with E-state index in [9.17, 15) is 26.4 Å². The van der Waals surface area contributed by atoms with Gasteiger partial charge in [0.05, 0.1) is 10.5 Å². The predicted octanol–water partition coefficient (Wildman–Crippen LogP) is 1.91. The maximum atomic E-state index is 12.8. The van der Waals surface area contributed by atoms with E-state index in [0.29, 0.717) is 12.6 Å². The molecule has 1 fully saturated rings. The molecule has 6 nitrogen and oxygen atoms in total. The van der Waals surface area contributed by atoms with Crippen molar-refractivity contribution in [3.63, 3.8) is 0 Å². The molecule has 1 N–H and O–H groups in total. The Kier molecular flexibility index (Phi) is 5.73. The van der Waals surface area contributed by atoms with Crippen LogP contribution in [0.3, 0.4) is 0 Å². The number of amides is 2. The SMILES string of the molecule is C=CCNC(=O)N1CCN(S(=O)(=O)c2cccc(C(F)(F)F)c2)CC1. The zero-order valence-electron chi connectivity index (χ0n) is 13.3. The minimum absolute atomic E-state index is 0.0140. The number of carbonyl (C=O) groups excluding carboxylic acids is 1. The maximum absolute atomic E-state index is 12.8. The van der Waals surface area contributed by atoms with Crippen LogP contribution in [-0.2, 0) is 16.2 Å². The van der Waals surface area contributed by atoms with Gasteiger partial charge in [0.1, 0.15) is 0 Å². The first-order chi connectivity index (χ1) is 11.7. The first-order valence-corrected chi connectivity index (χ1v) is 8.91. The highest BCUT2D eigenvalue weighted by Gasteiger charge is 2.34. The van der Waals surface area contributed by atoms with Gasteiger partial charge in [-0.25, -0.2) is 13.2 Å². The number of nitrogens with zero attached hydrogens (tertiary/aromatic N) is 2. The smallest absolute Gasteiger partial charge is 0.335 e. The monoisotopic (exact) mass is 377 g/mol. The van der Waals surface area contributed by atoms with Crippen LogP contribution in [0.15, 0.2) is 41.8 Å². The molecule has 0 atom stereocenters. The van der Waals surface area contributed by atoms with Gasteiger partial charge in [-0.2, -0.15) is 17.5 Å². The Bertz CT molecular complexity index is 742.